The second-order valence-electron chi connectivity index (χ2n) is 3.11. The first-order valence-electron chi connectivity index (χ1n) is 3.64. The summed E-state index contributed by atoms with van der Waals surface area (Å²) in [6, 6.07) is 0. The van der Waals surface area contributed by atoms with Crippen LogP contribution in [0.1, 0.15) is 0 Å². The predicted molar refractivity (Wildman–Crippen MR) is 52.1 cm³/mol. The fourth-order valence-corrected chi connectivity index (χ4v) is 5.35. The van der Waals surface area contributed by atoms with Gasteiger partial charge >= 0.3 is 27.9 Å². The van der Waals surface area contributed by atoms with Crippen LogP contribution in [0.5, 0.6) is 0 Å². The van der Waals surface area contributed by atoms with Crippen LogP contribution in [0.25, 0.3) is 0 Å². The predicted octanol–water partition coefficient (Wildman–Crippen LogP) is -2.95. The second-order valence-corrected chi connectivity index (χ2v) is 8.70. The Kier molecular flexibility index (Phi) is 4.56. The molecule has 0 heterocycles. The van der Waals surface area contributed by atoms with E-state index in [1.165, 1.54) is 0 Å². The maximum atomic E-state index is 10.8. The number of rotatable bonds is 5. The summed E-state index contributed by atoms with van der Waals surface area (Å²) < 4.78 is 32.5. The van der Waals surface area contributed by atoms with Gasteiger partial charge in [0.25, 0.3) is 5.34 Å². The van der Waals surface area contributed by atoms with Crippen molar-refractivity contribution in [2.24, 2.45) is 0 Å². The number of aliphatic hydroxyl groups is 2. The molecule has 1 atom stereocenters. The van der Waals surface area contributed by atoms with E-state index in [1.54, 1.807) is 0 Å². The Labute approximate surface area is 98.4 Å². The Balaban J connectivity index is 6.61. The molecule has 0 saturated heterocycles. The van der Waals surface area contributed by atoms with Crippen LogP contribution in [0, 0.1) is 0 Å². The number of carbonyl (C=O) groups is 1. The topological polar surface area (TPSA) is 230 Å². The van der Waals surface area contributed by atoms with Gasteiger partial charge in [0.15, 0.2) is 6.29 Å². The standard InChI is InChI=1S/C3H9O12P3/c4-1-2(5,16(7,8)9)3(6,17(10,11)12)18(13,14)15/h1,5-6H,(H2,7,8,9)(H2,10,11,12)(H2,13,14,15). The highest BCUT2D eigenvalue weighted by Crippen LogP contribution is 2.76. The molecule has 0 bridgehead atoms. The maximum Gasteiger partial charge on any atom is 0.373 e. The smallest absolute Gasteiger partial charge is 0.368 e. The van der Waals surface area contributed by atoms with Crippen LogP contribution >= 0.6 is 22.8 Å². The Morgan fingerprint density at radius 3 is 1.06 bits per heavy atom. The molecule has 8 N–H and O–H groups in total. The van der Waals surface area contributed by atoms with Crippen molar-refractivity contribution >= 4 is 29.1 Å². The van der Waals surface area contributed by atoms with E-state index in [0.29, 0.717) is 0 Å². The quantitative estimate of drug-likeness (QED) is 0.187. The molecule has 12 nitrogen and oxygen atoms in total. The molecule has 0 amide bonds. The molecule has 0 radical (unpaired) electrons. The summed E-state index contributed by atoms with van der Waals surface area (Å²) in [6.45, 7) is 0. The van der Waals surface area contributed by atoms with Crippen molar-refractivity contribution in [3.63, 3.8) is 0 Å². The van der Waals surface area contributed by atoms with E-state index in [-0.39, 0.29) is 0 Å². The van der Waals surface area contributed by atoms with Crippen LogP contribution in [-0.4, -0.2) is 56.3 Å². The molecule has 0 aliphatic rings. The first-order valence-corrected chi connectivity index (χ1v) is 8.48. The third kappa shape index (κ3) is 2.38. The third-order valence-corrected chi connectivity index (χ3v) is 7.45. The summed E-state index contributed by atoms with van der Waals surface area (Å²) in [6.07, 6.45) is -1.24. The largest absolute Gasteiger partial charge is 0.373 e. The molecule has 0 aliphatic carbocycles. The zero-order valence-corrected chi connectivity index (χ0v) is 10.8. The minimum Gasteiger partial charge on any atom is -0.368 e. The van der Waals surface area contributed by atoms with Gasteiger partial charge in [-0.2, -0.15) is 0 Å². The highest BCUT2D eigenvalue weighted by molar-refractivity contribution is 7.74. The van der Waals surface area contributed by atoms with Gasteiger partial charge < -0.3 is 39.6 Å². The average Bonchev–Trinajstić information content (AvgIpc) is 2.09. The summed E-state index contributed by atoms with van der Waals surface area (Å²) in [5, 5.41) is 8.76. The molecule has 0 fully saturated rings. The number of hydrogen-bond donors (Lipinski definition) is 8. The zero-order chi connectivity index (χ0) is 15.2. The van der Waals surface area contributed by atoms with E-state index in [9.17, 15) is 28.7 Å². The molecule has 0 rings (SSSR count). The first kappa shape index (κ1) is 18.0. The molecule has 15 heteroatoms. The SMILES string of the molecule is O=CC(O)(C(O)(P(=O)(O)O)P(=O)(O)O)P(=O)(O)O. The monoisotopic (exact) mass is 330 g/mol. The lowest BCUT2D eigenvalue weighted by atomic mass is 10.4. The normalized spacial score (nSPS) is 18.2. The summed E-state index contributed by atoms with van der Waals surface area (Å²) in [5.41, 5.74) is 0. The van der Waals surface area contributed by atoms with Crippen LogP contribution in [0.15, 0.2) is 0 Å². The van der Waals surface area contributed by atoms with E-state index in [0.717, 1.165) is 0 Å². The Bertz CT molecular complexity index is 455. The van der Waals surface area contributed by atoms with Crippen molar-refractivity contribution in [1.29, 1.82) is 0 Å². The van der Waals surface area contributed by atoms with E-state index in [4.69, 9.17) is 29.4 Å². The van der Waals surface area contributed by atoms with Gasteiger partial charge in [-0.05, 0) is 0 Å². The van der Waals surface area contributed by atoms with Gasteiger partial charge in [0.1, 0.15) is 0 Å². The van der Waals surface area contributed by atoms with Crippen molar-refractivity contribution in [2.75, 3.05) is 0 Å². The van der Waals surface area contributed by atoms with Gasteiger partial charge in [-0.15, -0.1) is 0 Å². The third-order valence-electron chi connectivity index (χ3n) is 1.91. The number of carbonyl (C=O) groups excluding carboxylic acids is 1. The molecular formula is C3H9O12P3. The summed E-state index contributed by atoms with van der Waals surface area (Å²) in [7, 11) is -19.1. The molecule has 0 aliphatic heterocycles. The lowest BCUT2D eigenvalue weighted by Crippen LogP contribution is -2.54. The lowest BCUT2D eigenvalue weighted by molar-refractivity contribution is -0.127. The molecule has 0 aromatic carbocycles. The van der Waals surface area contributed by atoms with E-state index < -0.39 is 39.5 Å². The summed E-state index contributed by atoms with van der Waals surface area (Å²) in [5.74, 6) is 0. The average molecular weight is 330 g/mol. The molecule has 0 spiro atoms. The van der Waals surface area contributed by atoms with Gasteiger partial charge in [-0.1, -0.05) is 0 Å². The van der Waals surface area contributed by atoms with Crippen LogP contribution < -0.4 is 0 Å². The molecule has 1 unspecified atom stereocenters. The second kappa shape index (κ2) is 4.55. The highest BCUT2D eigenvalue weighted by atomic mass is 31.2. The maximum absolute atomic E-state index is 10.8. The molecular weight excluding hydrogens is 321 g/mol. The van der Waals surface area contributed by atoms with E-state index in [1.807, 2.05) is 0 Å². The zero-order valence-electron chi connectivity index (χ0n) is 8.13. The molecule has 0 aromatic rings. The Morgan fingerprint density at radius 1 is 0.722 bits per heavy atom. The summed E-state index contributed by atoms with van der Waals surface area (Å²) >= 11 is 0. The van der Waals surface area contributed by atoms with Gasteiger partial charge in [0, 0.05) is 0 Å². The lowest BCUT2D eigenvalue weighted by Gasteiger charge is -2.38. The van der Waals surface area contributed by atoms with Gasteiger partial charge in [0.05, 0.1) is 0 Å². The van der Waals surface area contributed by atoms with Gasteiger partial charge in [-0.25, -0.2) is 0 Å². The Morgan fingerprint density at radius 2 is 1.00 bits per heavy atom. The molecule has 18 heavy (non-hydrogen) atoms. The van der Waals surface area contributed by atoms with Crippen molar-refractivity contribution in [3.8, 4) is 0 Å². The number of hydrogen-bond acceptors (Lipinski definition) is 6. The van der Waals surface area contributed by atoms with Crippen LogP contribution in [0.4, 0.5) is 0 Å². The molecule has 0 aromatic heterocycles. The van der Waals surface area contributed by atoms with Crippen molar-refractivity contribution in [3.05, 3.63) is 0 Å². The van der Waals surface area contributed by atoms with Crippen LogP contribution in [0.3, 0.4) is 0 Å². The molecule has 0 saturated carbocycles. The first-order chi connectivity index (χ1) is 7.56. The summed E-state index contributed by atoms with van der Waals surface area (Å²) in [4.78, 5) is 62.0. The number of aldehydes is 1. The van der Waals surface area contributed by atoms with E-state index >= 15 is 0 Å². The fraction of sp³-hybridized carbons (Fsp3) is 0.667. The van der Waals surface area contributed by atoms with Crippen molar-refractivity contribution < 1.29 is 58.1 Å². The minimum absolute atomic E-state index is 1.24. The molecule has 108 valence electrons. The van der Waals surface area contributed by atoms with Crippen molar-refractivity contribution in [2.45, 2.75) is 10.4 Å². The van der Waals surface area contributed by atoms with Crippen LogP contribution in [0.2, 0.25) is 0 Å². The van der Waals surface area contributed by atoms with E-state index in [2.05, 4.69) is 0 Å². The van der Waals surface area contributed by atoms with Crippen LogP contribution in [-0.2, 0) is 18.5 Å². The highest BCUT2D eigenvalue weighted by Gasteiger charge is 2.78. The fourth-order valence-electron chi connectivity index (χ4n) is 0.942. The van der Waals surface area contributed by atoms with Crippen molar-refractivity contribution in [1.82, 2.24) is 0 Å². The van der Waals surface area contributed by atoms with Gasteiger partial charge in [-0.3, -0.25) is 18.5 Å². The van der Waals surface area contributed by atoms with Gasteiger partial charge in [0.2, 0.25) is 0 Å². The Hall–Kier alpha value is 0.0400. The minimum atomic E-state index is -6.42.